The van der Waals surface area contributed by atoms with Gasteiger partial charge in [-0.3, -0.25) is 4.79 Å². The largest absolute Gasteiger partial charge is 0.394 e. The molecule has 0 aliphatic heterocycles. The van der Waals surface area contributed by atoms with Gasteiger partial charge in [-0.25, -0.2) is 0 Å². The Morgan fingerprint density at radius 1 is 1.24 bits per heavy atom. The quantitative estimate of drug-likeness (QED) is 0.872. The first-order chi connectivity index (χ1) is 10.1. The van der Waals surface area contributed by atoms with Crippen LogP contribution in [0, 0.1) is 6.92 Å². The molecule has 0 spiro atoms. The second-order valence-electron chi connectivity index (χ2n) is 5.03. The molecule has 110 valence electrons. The van der Waals surface area contributed by atoms with Crippen LogP contribution in [0.25, 0.3) is 0 Å². The maximum absolute atomic E-state index is 12.3. The van der Waals surface area contributed by atoms with Gasteiger partial charge in [-0.2, -0.15) is 0 Å². The van der Waals surface area contributed by atoms with Crippen LogP contribution in [0.2, 0.25) is 0 Å². The van der Waals surface area contributed by atoms with Crippen LogP contribution in [0.3, 0.4) is 0 Å². The molecule has 3 nitrogen and oxygen atoms in total. The molecular weight excluding hydrogens is 330 g/mol. The number of hydrogen-bond donors (Lipinski definition) is 2. The van der Waals surface area contributed by atoms with E-state index in [2.05, 4.69) is 21.2 Å². The molecule has 0 bridgehead atoms. The molecule has 1 amide bonds. The van der Waals surface area contributed by atoms with Gasteiger partial charge in [0, 0.05) is 4.47 Å². The highest BCUT2D eigenvalue weighted by Gasteiger charge is 2.15. The lowest BCUT2D eigenvalue weighted by Gasteiger charge is -2.17. The Labute approximate surface area is 133 Å². The summed E-state index contributed by atoms with van der Waals surface area (Å²) in [6.07, 6.45) is 0.604. The Morgan fingerprint density at radius 2 is 1.95 bits per heavy atom. The number of amides is 1. The van der Waals surface area contributed by atoms with E-state index in [1.165, 1.54) is 0 Å². The second kappa shape index (κ2) is 7.38. The first kappa shape index (κ1) is 15.7. The van der Waals surface area contributed by atoms with E-state index in [4.69, 9.17) is 0 Å². The Bertz CT molecular complexity index is 613. The molecular formula is C17H18BrNO2. The zero-order valence-electron chi connectivity index (χ0n) is 11.8. The molecule has 0 saturated carbocycles. The minimum Gasteiger partial charge on any atom is -0.394 e. The summed E-state index contributed by atoms with van der Waals surface area (Å²) in [6, 6.07) is 15.1. The van der Waals surface area contributed by atoms with Crippen molar-refractivity contribution < 1.29 is 9.90 Å². The molecule has 0 radical (unpaired) electrons. The van der Waals surface area contributed by atoms with E-state index in [0.717, 1.165) is 15.6 Å². The van der Waals surface area contributed by atoms with Gasteiger partial charge >= 0.3 is 0 Å². The minimum absolute atomic E-state index is 0.0931. The van der Waals surface area contributed by atoms with Crippen molar-refractivity contribution in [2.75, 3.05) is 6.61 Å². The van der Waals surface area contributed by atoms with E-state index in [0.29, 0.717) is 12.0 Å². The van der Waals surface area contributed by atoms with Gasteiger partial charge in [0.25, 0.3) is 5.91 Å². The highest BCUT2D eigenvalue weighted by atomic mass is 79.9. The second-order valence-corrected chi connectivity index (χ2v) is 5.88. The first-order valence-electron chi connectivity index (χ1n) is 6.82. The van der Waals surface area contributed by atoms with Crippen molar-refractivity contribution in [1.29, 1.82) is 0 Å². The molecule has 4 heteroatoms. The van der Waals surface area contributed by atoms with Crippen molar-refractivity contribution in [2.45, 2.75) is 19.4 Å². The minimum atomic E-state index is -0.298. The summed E-state index contributed by atoms with van der Waals surface area (Å²) in [5, 5.41) is 12.3. The molecule has 0 saturated heterocycles. The molecule has 1 atom stereocenters. The predicted octanol–water partition coefficient (Wildman–Crippen LogP) is 3.09. The van der Waals surface area contributed by atoms with Crippen molar-refractivity contribution in [3.8, 4) is 0 Å². The summed E-state index contributed by atoms with van der Waals surface area (Å²) >= 11 is 3.40. The Balaban J connectivity index is 2.06. The topological polar surface area (TPSA) is 49.3 Å². The predicted molar refractivity (Wildman–Crippen MR) is 87.4 cm³/mol. The summed E-state index contributed by atoms with van der Waals surface area (Å²) < 4.78 is 0.761. The average Bonchev–Trinajstić information content (AvgIpc) is 2.47. The van der Waals surface area contributed by atoms with Crippen LogP contribution in [0.15, 0.2) is 53.0 Å². The lowest BCUT2D eigenvalue weighted by molar-refractivity contribution is 0.0915. The monoisotopic (exact) mass is 347 g/mol. The van der Waals surface area contributed by atoms with Crippen molar-refractivity contribution in [3.63, 3.8) is 0 Å². The van der Waals surface area contributed by atoms with E-state index < -0.39 is 0 Å². The number of carbonyl (C=O) groups excluding carboxylic acids is 1. The Kier molecular flexibility index (Phi) is 5.53. The molecule has 0 aliphatic rings. The van der Waals surface area contributed by atoms with Gasteiger partial charge in [-0.05, 0) is 52.5 Å². The van der Waals surface area contributed by atoms with E-state index in [9.17, 15) is 9.90 Å². The third-order valence-electron chi connectivity index (χ3n) is 3.25. The van der Waals surface area contributed by atoms with Gasteiger partial charge in [0.05, 0.1) is 18.2 Å². The molecule has 0 aromatic heterocycles. The zero-order valence-corrected chi connectivity index (χ0v) is 13.4. The van der Waals surface area contributed by atoms with Crippen LogP contribution >= 0.6 is 15.9 Å². The molecule has 0 aliphatic carbocycles. The Hall–Kier alpha value is -1.65. The summed E-state index contributed by atoms with van der Waals surface area (Å²) in [6.45, 7) is 1.88. The van der Waals surface area contributed by atoms with Gasteiger partial charge < -0.3 is 10.4 Å². The van der Waals surface area contributed by atoms with Crippen LogP contribution in [0.1, 0.15) is 21.5 Å². The fraction of sp³-hybridized carbons (Fsp3) is 0.235. The van der Waals surface area contributed by atoms with Gasteiger partial charge in [-0.15, -0.1) is 0 Å². The number of rotatable bonds is 5. The van der Waals surface area contributed by atoms with Gasteiger partial charge in [0.15, 0.2) is 0 Å². The lowest BCUT2D eigenvalue weighted by atomic mass is 10.1. The highest BCUT2D eigenvalue weighted by molar-refractivity contribution is 9.10. The maximum atomic E-state index is 12.3. The maximum Gasteiger partial charge on any atom is 0.252 e. The number of carbonyl (C=O) groups is 1. The fourth-order valence-electron chi connectivity index (χ4n) is 2.13. The normalized spacial score (nSPS) is 12.0. The molecule has 2 aromatic carbocycles. The fourth-order valence-corrected chi connectivity index (χ4v) is 2.80. The van der Waals surface area contributed by atoms with Crippen LogP contribution in [-0.4, -0.2) is 23.7 Å². The number of aryl methyl sites for hydroxylation is 1. The van der Waals surface area contributed by atoms with Crippen molar-refractivity contribution in [3.05, 3.63) is 69.7 Å². The standard InChI is InChI=1S/C17H18BrNO2/c1-12-7-8-15(16(18)9-12)17(21)19-14(11-20)10-13-5-3-2-4-6-13/h2-9,14,20H,10-11H2,1H3,(H,19,21)/t14-/m1/s1. The van der Waals surface area contributed by atoms with Gasteiger partial charge in [-0.1, -0.05) is 36.4 Å². The van der Waals surface area contributed by atoms with Crippen molar-refractivity contribution in [2.24, 2.45) is 0 Å². The number of aliphatic hydroxyl groups is 1. The van der Waals surface area contributed by atoms with Crippen LogP contribution < -0.4 is 5.32 Å². The van der Waals surface area contributed by atoms with E-state index in [1.807, 2.05) is 49.4 Å². The Morgan fingerprint density at radius 3 is 2.57 bits per heavy atom. The molecule has 0 fully saturated rings. The van der Waals surface area contributed by atoms with Crippen molar-refractivity contribution >= 4 is 21.8 Å². The van der Waals surface area contributed by atoms with Crippen LogP contribution in [0.5, 0.6) is 0 Å². The molecule has 2 N–H and O–H groups in total. The smallest absolute Gasteiger partial charge is 0.252 e. The van der Waals surface area contributed by atoms with Gasteiger partial charge in [0.2, 0.25) is 0 Å². The van der Waals surface area contributed by atoms with E-state index in [-0.39, 0.29) is 18.6 Å². The molecule has 2 aromatic rings. The number of hydrogen-bond acceptors (Lipinski definition) is 2. The van der Waals surface area contributed by atoms with E-state index >= 15 is 0 Å². The lowest BCUT2D eigenvalue weighted by Crippen LogP contribution is -2.39. The van der Waals surface area contributed by atoms with Crippen molar-refractivity contribution in [1.82, 2.24) is 5.32 Å². The van der Waals surface area contributed by atoms with Gasteiger partial charge in [0.1, 0.15) is 0 Å². The first-order valence-corrected chi connectivity index (χ1v) is 7.61. The molecule has 2 rings (SSSR count). The third kappa shape index (κ3) is 4.41. The van der Waals surface area contributed by atoms with E-state index in [1.54, 1.807) is 6.07 Å². The third-order valence-corrected chi connectivity index (χ3v) is 3.91. The molecule has 21 heavy (non-hydrogen) atoms. The summed E-state index contributed by atoms with van der Waals surface area (Å²) in [4.78, 5) is 12.3. The number of halogens is 1. The summed E-state index contributed by atoms with van der Waals surface area (Å²) in [5.74, 6) is -0.183. The zero-order chi connectivity index (χ0) is 15.2. The molecule has 0 unspecified atom stereocenters. The number of benzene rings is 2. The number of nitrogens with one attached hydrogen (secondary N) is 1. The number of aliphatic hydroxyl groups excluding tert-OH is 1. The highest BCUT2D eigenvalue weighted by Crippen LogP contribution is 2.18. The SMILES string of the molecule is Cc1ccc(C(=O)N[C@@H](CO)Cc2ccccc2)c(Br)c1. The molecule has 0 heterocycles. The van der Waals surface area contributed by atoms with Crippen LogP contribution in [0.4, 0.5) is 0 Å². The average molecular weight is 348 g/mol. The summed E-state index contributed by atoms with van der Waals surface area (Å²) in [5.41, 5.74) is 2.74. The summed E-state index contributed by atoms with van der Waals surface area (Å²) in [7, 11) is 0. The van der Waals surface area contributed by atoms with Crippen LogP contribution in [-0.2, 0) is 6.42 Å².